The van der Waals surface area contributed by atoms with Gasteiger partial charge in [0, 0.05) is 35.4 Å². The van der Waals surface area contributed by atoms with Crippen molar-refractivity contribution in [2.75, 3.05) is 31.1 Å². The zero-order chi connectivity index (χ0) is 16.0. The molecule has 23 heavy (non-hydrogen) atoms. The molecule has 0 aromatic carbocycles. The molecule has 0 spiro atoms. The summed E-state index contributed by atoms with van der Waals surface area (Å²) in [4.78, 5) is 13.8. The maximum atomic E-state index is 8.49. The molecule has 2 saturated heterocycles. The van der Waals surface area contributed by atoms with Crippen molar-refractivity contribution in [3.8, 4) is 0 Å². The topological polar surface area (TPSA) is 84.9 Å². The molecular formula is C15H18IN7. The van der Waals surface area contributed by atoms with Gasteiger partial charge in [-0.1, -0.05) is 0 Å². The molecule has 4 heterocycles. The lowest BCUT2D eigenvalue weighted by Gasteiger charge is -2.38. The quantitative estimate of drug-likeness (QED) is 0.433. The summed E-state index contributed by atoms with van der Waals surface area (Å²) in [6, 6.07) is 2.48. The van der Waals surface area contributed by atoms with Crippen LogP contribution in [0.4, 0.5) is 5.82 Å². The third kappa shape index (κ3) is 2.53. The van der Waals surface area contributed by atoms with Crippen molar-refractivity contribution in [3.63, 3.8) is 0 Å². The Labute approximate surface area is 147 Å². The maximum absolute atomic E-state index is 8.49. The van der Waals surface area contributed by atoms with Gasteiger partial charge in [-0.15, -0.1) is 0 Å². The molecule has 2 N–H and O–H groups in total. The molecule has 2 aliphatic heterocycles. The van der Waals surface area contributed by atoms with Gasteiger partial charge in [0.25, 0.3) is 0 Å². The highest BCUT2D eigenvalue weighted by Gasteiger charge is 2.31. The van der Waals surface area contributed by atoms with E-state index in [-0.39, 0.29) is 5.49 Å². The largest absolute Gasteiger partial charge is 0.351 e. The number of hydrogen-bond donors (Lipinski definition) is 2. The number of rotatable bonds is 2. The number of aromatic nitrogens is 3. The zero-order valence-corrected chi connectivity index (χ0v) is 14.8. The predicted molar refractivity (Wildman–Crippen MR) is 97.1 cm³/mol. The maximum Gasteiger partial charge on any atom is 0.178 e. The van der Waals surface area contributed by atoms with E-state index < -0.39 is 0 Å². The van der Waals surface area contributed by atoms with Crippen molar-refractivity contribution >= 4 is 45.9 Å². The molecule has 7 nitrogen and oxygen atoms in total. The van der Waals surface area contributed by atoms with Crippen molar-refractivity contribution in [3.05, 3.63) is 21.3 Å². The van der Waals surface area contributed by atoms with Crippen LogP contribution in [-0.2, 0) is 0 Å². The van der Waals surface area contributed by atoms with Gasteiger partial charge < -0.3 is 4.90 Å². The second kappa shape index (κ2) is 5.82. The highest BCUT2D eigenvalue weighted by Crippen LogP contribution is 2.24. The van der Waals surface area contributed by atoms with Crippen LogP contribution in [0.15, 0.2) is 12.3 Å². The number of hydrogen-bond acceptors (Lipinski definition) is 6. The molecule has 4 rings (SSSR count). The normalized spacial score (nSPS) is 21.6. The highest BCUT2D eigenvalue weighted by molar-refractivity contribution is 14.1. The SMILES string of the molecule is N=Cn1c(=N)c(N2CCN3CCCC3C2)nc2ncc(I)cc21. The second-order valence-corrected chi connectivity index (χ2v) is 7.30. The van der Waals surface area contributed by atoms with Gasteiger partial charge >= 0.3 is 0 Å². The zero-order valence-electron chi connectivity index (χ0n) is 12.7. The lowest BCUT2D eigenvalue weighted by atomic mass is 10.1. The first-order valence-electron chi connectivity index (χ1n) is 7.79. The molecular weight excluding hydrogens is 405 g/mol. The van der Waals surface area contributed by atoms with Crippen LogP contribution in [0.1, 0.15) is 12.8 Å². The first-order valence-corrected chi connectivity index (χ1v) is 8.87. The minimum absolute atomic E-state index is 0.266. The van der Waals surface area contributed by atoms with Crippen LogP contribution in [0, 0.1) is 14.4 Å². The lowest BCUT2D eigenvalue weighted by molar-refractivity contribution is 0.230. The Balaban J connectivity index is 1.81. The van der Waals surface area contributed by atoms with E-state index in [2.05, 4.69) is 42.4 Å². The number of halogens is 1. The molecule has 2 aliphatic rings. The molecule has 1 unspecified atom stereocenters. The van der Waals surface area contributed by atoms with Crippen LogP contribution in [0.3, 0.4) is 0 Å². The van der Waals surface area contributed by atoms with Crippen LogP contribution in [0.25, 0.3) is 11.2 Å². The van der Waals surface area contributed by atoms with Crippen LogP contribution >= 0.6 is 22.6 Å². The summed E-state index contributed by atoms with van der Waals surface area (Å²) < 4.78 is 2.53. The summed E-state index contributed by atoms with van der Waals surface area (Å²) in [6.07, 6.45) is 5.43. The van der Waals surface area contributed by atoms with Gasteiger partial charge in [0.1, 0.15) is 0 Å². The van der Waals surface area contributed by atoms with Crippen LogP contribution in [0.2, 0.25) is 0 Å². The molecule has 2 fully saturated rings. The first kappa shape index (κ1) is 15.0. The van der Waals surface area contributed by atoms with Gasteiger partial charge in [-0.3, -0.25) is 20.3 Å². The molecule has 120 valence electrons. The van der Waals surface area contributed by atoms with Crippen molar-refractivity contribution in [2.24, 2.45) is 0 Å². The Hall–Kier alpha value is -1.55. The molecule has 2 aromatic heterocycles. The third-order valence-electron chi connectivity index (χ3n) is 4.75. The molecule has 8 heteroatoms. The van der Waals surface area contributed by atoms with Crippen molar-refractivity contribution in [1.29, 1.82) is 10.8 Å². The molecule has 0 radical (unpaired) electrons. The van der Waals surface area contributed by atoms with Crippen LogP contribution < -0.4 is 10.4 Å². The molecule has 0 amide bonds. The van der Waals surface area contributed by atoms with Crippen LogP contribution in [0.5, 0.6) is 0 Å². The smallest absolute Gasteiger partial charge is 0.178 e. The highest BCUT2D eigenvalue weighted by atomic mass is 127. The lowest BCUT2D eigenvalue weighted by Crippen LogP contribution is -2.52. The fourth-order valence-electron chi connectivity index (χ4n) is 3.60. The molecule has 0 aliphatic carbocycles. The number of nitrogens with one attached hydrogen (secondary N) is 2. The minimum atomic E-state index is 0.266. The number of anilines is 1. The number of pyridine rings is 1. The Kier molecular flexibility index (Phi) is 3.80. The van der Waals surface area contributed by atoms with Gasteiger partial charge in [0.05, 0.1) is 11.9 Å². The summed E-state index contributed by atoms with van der Waals surface area (Å²) in [6.45, 7) is 4.00. The average Bonchev–Trinajstić information content (AvgIpc) is 3.02. The van der Waals surface area contributed by atoms with E-state index in [4.69, 9.17) is 10.8 Å². The summed E-state index contributed by atoms with van der Waals surface area (Å²) in [5, 5.41) is 16.2. The summed E-state index contributed by atoms with van der Waals surface area (Å²) in [7, 11) is 0. The average molecular weight is 423 g/mol. The van der Waals surface area contributed by atoms with E-state index >= 15 is 0 Å². The molecule has 1 atom stereocenters. The second-order valence-electron chi connectivity index (χ2n) is 6.06. The van der Waals surface area contributed by atoms with Crippen molar-refractivity contribution < 1.29 is 0 Å². The Morgan fingerprint density at radius 1 is 1.30 bits per heavy atom. The monoisotopic (exact) mass is 423 g/mol. The third-order valence-corrected chi connectivity index (χ3v) is 5.34. The van der Waals surface area contributed by atoms with Gasteiger partial charge in [-0.05, 0) is 48.0 Å². The van der Waals surface area contributed by atoms with E-state index in [0.717, 1.165) is 23.2 Å². The van der Waals surface area contributed by atoms with E-state index in [1.54, 1.807) is 10.8 Å². The minimum Gasteiger partial charge on any atom is -0.351 e. The standard InChI is InChI=1S/C15H18IN7/c16-10-6-12-14(19-7-10)20-15(13(18)23(12)9-17)22-5-4-21-3-1-2-11(21)8-22/h6-7,9,11,17-18H,1-5,8H2. The van der Waals surface area contributed by atoms with Crippen molar-refractivity contribution in [2.45, 2.75) is 18.9 Å². The van der Waals surface area contributed by atoms with Gasteiger partial charge in [-0.2, -0.15) is 0 Å². The molecule has 0 saturated carbocycles. The molecule has 2 aromatic rings. The van der Waals surface area contributed by atoms with Gasteiger partial charge in [0.15, 0.2) is 17.0 Å². The first-order chi connectivity index (χ1) is 11.2. The van der Waals surface area contributed by atoms with Crippen LogP contribution in [-0.4, -0.2) is 58.0 Å². The number of piperazine rings is 1. The predicted octanol–water partition coefficient (Wildman–Crippen LogP) is 1.25. The van der Waals surface area contributed by atoms with E-state index in [1.807, 2.05) is 6.07 Å². The van der Waals surface area contributed by atoms with E-state index in [1.165, 1.54) is 25.7 Å². The summed E-state index contributed by atoms with van der Waals surface area (Å²) in [5.74, 6) is 0.640. The molecule has 0 bridgehead atoms. The Morgan fingerprint density at radius 3 is 3.00 bits per heavy atom. The Bertz CT molecular complexity index is 830. The van der Waals surface area contributed by atoms with E-state index in [0.29, 0.717) is 23.0 Å². The fraction of sp³-hybridized carbons (Fsp3) is 0.467. The van der Waals surface area contributed by atoms with Gasteiger partial charge in [0.2, 0.25) is 0 Å². The summed E-state index contributed by atoms with van der Waals surface area (Å²) >= 11 is 2.19. The fourth-order valence-corrected chi connectivity index (χ4v) is 4.04. The summed E-state index contributed by atoms with van der Waals surface area (Å²) in [5.41, 5.74) is 1.57. The Morgan fingerprint density at radius 2 is 2.17 bits per heavy atom. The van der Waals surface area contributed by atoms with Gasteiger partial charge in [-0.25, -0.2) is 9.97 Å². The number of nitrogens with zero attached hydrogens (tertiary/aromatic N) is 5. The van der Waals surface area contributed by atoms with Crippen molar-refractivity contribution in [1.82, 2.24) is 19.4 Å². The number of fused-ring (bicyclic) bond motifs is 2. The van der Waals surface area contributed by atoms with E-state index in [9.17, 15) is 0 Å².